The molecule has 0 fully saturated rings. The quantitative estimate of drug-likeness (QED) is 0.622. The molecule has 6 nitrogen and oxygen atoms in total. The number of aliphatic carboxylic acids is 1. The summed E-state index contributed by atoms with van der Waals surface area (Å²) in [6.07, 6.45) is 2.97. The highest BCUT2D eigenvalue weighted by Gasteiger charge is 2.22. The number of aromatic nitrogens is 2. The number of nitrogens with zero attached hydrogens (tertiary/aromatic N) is 2. The summed E-state index contributed by atoms with van der Waals surface area (Å²) in [6.45, 7) is 0. The smallest absolute Gasteiger partial charge is 0.308 e. The van der Waals surface area contributed by atoms with Gasteiger partial charge in [-0.25, -0.2) is 9.55 Å². The van der Waals surface area contributed by atoms with Crippen molar-refractivity contribution in [2.45, 2.75) is 12.5 Å². The van der Waals surface area contributed by atoms with Crippen LogP contribution in [0, 0.1) is 4.91 Å². The standard InChI is InChI=1S/C12H11N3O3/c16-12(17)6-10(9-4-2-1-3-5-9)15-7-11(14-18)13-8-15/h1-5,7-8,10H,6H2,(H,16,17)/p+1. The number of carboxylic acid groups (broad SMARTS) is 1. The number of benzene rings is 1. The molecule has 0 aliphatic carbocycles. The molecular weight excluding hydrogens is 234 g/mol. The van der Waals surface area contributed by atoms with E-state index in [1.807, 2.05) is 30.3 Å². The molecule has 92 valence electrons. The van der Waals surface area contributed by atoms with Crippen LogP contribution in [0.3, 0.4) is 0 Å². The third-order valence-corrected chi connectivity index (χ3v) is 2.64. The van der Waals surface area contributed by atoms with E-state index in [2.05, 4.69) is 10.2 Å². The molecule has 18 heavy (non-hydrogen) atoms. The lowest BCUT2D eigenvalue weighted by Crippen LogP contribution is -2.39. The van der Waals surface area contributed by atoms with Crippen LogP contribution in [0.5, 0.6) is 0 Å². The monoisotopic (exact) mass is 246 g/mol. The lowest BCUT2D eigenvalue weighted by molar-refractivity contribution is -0.711. The van der Waals surface area contributed by atoms with Gasteiger partial charge in [0.2, 0.25) is 6.33 Å². The summed E-state index contributed by atoms with van der Waals surface area (Å²) in [7, 11) is 0. The second-order valence-corrected chi connectivity index (χ2v) is 3.85. The van der Waals surface area contributed by atoms with E-state index in [-0.39, 0.29) is 18.3 Å². The highest BCUT2D eigenvalue weighted by Crippen LogP contribution is 2.17. The van der Waals surface area contributed by atoms with Gasteiger partial charge in [0.05, 0.1) is 6.42 Å². The van der Waals surface area contributed by atoms with Crippen molar-refractivity contribution < 1.29 is 14.5 Å². The van der Waals surface area contributed by atoms with Gasteiger partial charge in [-0.3, -0.25) is 4.79 Å². The molecule has 2 aromatic rings. The maximum Gasteiger partial charge on any atom is 0.308 e. The Morgan fingerprint density at radius 3 is 2.67 bits per heavy atom. The Balaban J connectivity index is 2.36. The van der Waals surface area contributed by atoms with Gasteiger partial charge in [0.15, 0.2) is 6.20 Å². The van der Waals surface area contributed by atoms with Gasteiger partial charge >= 0.3 is 5.97 Å². The van der Waals surface area contributed by atoms with E-state index in [0.29, 0.717) is 0 Å². The molecule has 0 aliphatic rings. The van der Waals surface area contributed by atoms with Crippen LogP contribution in [0.2, 0.25) is 0 Å². The summed E-state index contributed by atoms with van der Waals surface area (Å²) in [6, 6.07) is 8.88. The van der Waals surface area contributed by atoms with Gasteiger partial charge in [-0.05, 0) is 5.56 Å². The van der Waals surface area contributed by atoms with E-state index in [1.165, 1.54) is 12.5 Å². The Kier molecular flexibility index (Phi) is 3.47. The minimum absolute atomic E-state index is 0.0647. The zero-order valence-corrected chi connectivity index (χ0v) is 9.48. The van der Waals surface area contributed by atoms with Gasteiger partial charge in [-0.2, -0.15) is 0 Å². The zero-order valence-electron chi connectivity index (χ0n) is 9.48. The Morgan fingerprint density at radius 2 is 2.11 bits per heavy atom. The fourth-order valence-electron chi connectivity index (χ4n) is 1.82. The number of nitroso groups, excluding NO2 is 1. The highest BCUT2D eigenvalue weighted by molar-refractivity contribution is 5.67. The molecule has 0 bridgehead atoms. The van der Waals surface area contributed by atoms with Crippen molar-refractivity contribution in [3.63, 3.8) is 0 Å². The number of H-pyrrole nitrogens is 1. The van der Waals surface area contributed by atoms with E-state index in [4.69, 9.17) is 5.11 Å². The van der Waals surface area contributed by atoms with Gasteiger partial charge in [0, 0.05) is 5.18 Å². The summed E-state index contributed by atoms with van der Waals surface area (Å²) >= 11 is 0. The molecule has 0 saturated carbocycles. The summed E-state index contributed by atoms with van der Waals surface area (Å²) in [4.78, 5) is 24.0. The summed E-state index contributed by atoms with van der Waals surface area (Å²) in [5.74, 6) is -0.737. The molecule has 0 aliphatic heterocycles. The number of hydrogen-bond acceptors (Lipinski definition) is 3. The minimum Gasteiger partial charge on any atom is -0.481 e. The summed E-state index contributed by atoms with van der Waals surface area (Å²) in [5.41, 5.74) is 0.862. The number of carboxylic acids is 1. The topological polar surface area (TPSA) is 86.4 Å². The highest BCUT2D eigenvalue weighted by atomic mass is 16.4. The minimum atomic E-state index is -0.904. The van der Waals surface area contributed by atoms with Crippen LogP contribution in [0.4, 0.5) is 5.82 Å². The third-order valence-electron chi connectivity index (χ3n) is 2.64. The molecule has 1 unspecified atom stereocenters. The summed E-state index contributed by atoms with van der Waals surface area (Å²) in [5, 5.41) is 11.7. The first-order valence-corrected chi connectivity index (χ1v) is 5.40. The van der Waals surface area contributed by atoms with Gasteiger partial charge in [0.1, 0.15) is 6.04 Å². The normalized spacial score (nSPS) is 12.0. The van der Waals surface area contributed by atoms with Crippen LogP contribution in [0.1, 0.15) is 18.0 Å². The van der Waals surface area contributed by atoms with Crippen molar-refractivity contribution in [3.05, 3.63) is 53.3 Å². The average molecular weight is 246 g/mol. The lowest BCUT2D eigenvalue weighted by Gasteiger charge is -2.11. The second kappa shape index (κ2) is 5.22. The van der Waals surface area contributed by atoms with E-state index in [1.54, 1.807) is 4.57 Å². The Labute approximate surface area is 103 Å². The molecular formula is C12H12N3O3+. The molecule has 0 saturated heterocycles. The van der Waals surface area contributed by atoms with Gasteiger partial charge < -0.3 is 5.11 Å². The fraction of sp³-hybridized carbons (Fsp3) is 0.167. The van der Waals surface area contributed by atoms with Gasteiger partial charge in [0.25, 0.3) is 5.82 Å². The van der Waals surface area contributed by atoms with Crippen molar-refractivity contribution in [3.8, 4) is 0 Å². The van der Waals surface area contributed by atoms with Crippen molar-refractivity contribution in [2.75, 3.05) is 0 Å². The fourth-order valence-corrected chi connectivity index (χ4v) is 1.82. The van der Waals surface area contributed by atoms with Crippen LogP contribution in [-0.2, 0) is 4.79 Å². The van der Waals surface area contributed by atoms with Gasteiger partial charge in [-0.15, -0.1) is 4.91 Å². The molecule has 0 radical (unpaired) electrons. The number of carbonyl (C=O) groups is 1. The first-order valence-electron chi connectivity index (χ1n) is 5.40. The zero-order chi connectivity index (χ0) is 13.0. The molecule has 2 rings (SSSR count). The summed E-state index contributed by atoms with van der Waals surface area (Å²) < 4.78 is 1.64. The molecule has 0 spiro atoms. The molecule has 2 N–H and O–H groups in total. The van der Waals surface area contributed by atoms with E-state index < -0.39 is 5.97 Å². The molecule has 1 aromatic carbocycles. The maximum atomic E-state index is 10.9. The van der Waals surface area contributed by atoms with Crippen molar-refractivity contribution in [2.24, 2.45) is 5.18 Å². The van der Waals surface area contributed by atoms with Crippen LogP contribution >= 0.6 is 0 Å². The third kappa shape index (κ3) is 2.60. The van der Waals surface area contributed by atoms with Crippen LogP contribution < -0.4 is 4.57 Å². The molecule has 1 atom stereocenters. The van der Waals surface area contributed by atoms with E-state index in [0.717, 1.165) is 5.56 Å². The molecule has 0 amide bonds. The maximum absolute atomic E-state index is 10.9. The Hall–Kier alpha value is -2.50. The Morgan fingerprint density at radius 1 is 1.39 bits per heavy atom. The SMILES string of the molecule is O=Nc1c[n+](C(CC(=O)O)c2ccccc2)c[nH]1. The molecule has 1 aromatic heterocycles. The first-order chi connectivity index (χ1) is 8.70. The number of nitrogens with one attached hydrogen (secondary N) is 1. The average Bonchev–Trinajstić information content (AvgIpc) is 2.85. The lowest BCUT2D eigenvalue weighted by atomic mass is 10.0. The van der Waals surface area contributed by atoms with Crippen molar-refractivity contribution in [1.29, 1.82) is 0 Å². The molecule has 6 heteroatoms. The van der Waals surface area contributed by atoms with Gasteiger partial charge in [-0.1, -0.05) is 30.3 Å². The first kappa shape index (κ1) is 12.0. The van der Waals surface area contributed by atoms with Crippen LogP contribution in [-0.4, -0.2) is 16.1 Å². The van der Waals surface area contributed by atoms with Crippen molar-refractivity contribution in [1.82, 2.24) is 4.98 Å². The number of hydrogen-bond donors (Lipinski definition) is 2. The van der Waals surface area contributed by atoms with E-state index >= 15 is 0 Å². The van der Waals surface area contributed by atoms with Crippen molar-refractivity contribution >= 4 is 11.8 Å². The second-order valence-electron chi connectivity index (χ2n) is 3.85. The molecule has 1 heterocycles. The number of aromatic amines is 1. The van der Waals surface area contributed by atoms with Crippen LogP contribution in [0.15, 0.2) is 48.0 Å². The number of imidazole rings is 1. The predicted octanol–water partition coefficient (Wildman–Crippen LogP) is 1.76. The Bertz CT molecular complexity index is 551. The predicted molar refractivity (Wildman–Crippen MR) is 63.3 cm³/mol. The number of rotatable bonds is 5. The van der Waals surface area contributed by atoms with Crippen LogP contribution in [0.25, 0.3) is 0 Å². The largest absolute Gasteiger partial charge is 0.481 e. The van der Waals surface area contributed by atoms with E-state index in [9.17, 15) is 9.70 Å².